The van der Waals surface area contributed by atoms with E-state index in [4.69, 9.17) is 0 Å². The van der Waals surface area contributed by atoms with Crippen molar-refractivity contribution in [2.75, 3.05) is 6.26 Å². The Labute approximate surface area is 107 Å². The average molecular weight is 250 g/mol. The standard InChI is InChI=1S/C14H18O2S/c1-14(2,3)13(16)9-12(15)10-5-7-11(17-4)8-6-10/h5-8H,9H2,1-4H3. The predicted octanol–water partition coefficient (Wildman–Crippen LogP) is 3.60. The molecule has 0 aromatic heterocycles. The lowest BCUT2D eigenvalue weighted by Gasteiger charge is -2.15. The highest BCUT2D eigenvalue weighted by Gasteiger charge is 2.23. The average Bonchev–Trinajstić information content (AvgIpc) is 2.27. The van der Waals surface area contributed by atoms with Crippen LogP contribution < -0.4 is 0 Å². The number of rotatable bonds is 4. The maximum atomic E-state index is 11.9. The molecule has 0 bridgehead atoms. The van der Waals surface area contributed by atoms with E-state index in [0.29, 0.717) is 5.56 Å². The van der Waals surface area contributed by atoms with Crippen LogP contribution in [0.15, 0.2) is 29.2 Å². The van der Waals surface area contributed by atoms with Crippen molar-refractivity contribution in [1.29, 1.82) is 0 Å². The molecule has 1 aromatic rings. The Hall–Kier alpha value is -1.09. The molecule has 92 valence electrons. The van der Waals surface area contributed by atoms with E-state index in [0.717, 1.165) is 4.90 Å². The van der Waals surface area contributed by atoms with E-state index in [1.54, 1.807) is 23.9 Å². The summed E-state index contributed by atoms with van der Waals surface area (Å²) in [4.78, 5) is 24.7. The molecular weight excluding hydrogens is 232 g/mol. The van der Waals surface area contributed by atoms with Crippen LogP contribution in [0.5, 0.6) is 0 Å². The molecule has 0 aliphatic carbocycles. The molecule has 2 nitrogen and oxygen atoms in total. The second kappa shape index (κ2) is 5.50. The zero-order valence-corrected chi connectivity index (χ0v) is 11.6. The van der Waals surface area contributed by atoms with Gasteiger partial charge in [0.05, 0.1) is 6.42 Å². The molecule has 0 aliphatic rings. The third-order valence-corrected chi connectivity index (χ3v) is 3.31. The van der Waals surface area contributed by atoms with Crippen molar-refractivity contribution in [3.8, 4) is 0 Å². The van der Waals surface area contributed by atoms with Gasteiger partial charge in [-0.15, -0.1) is 11.8 Å². The number of benzene rings is 1. The van der Waals surface area contributed by atoms with Crippen molar-refractivity contribution >= 4 is 23.3 Å². The van der Waals surface area contributed by atoms with Crippen molar-refractivity contribution in [3.63, 3.8) is 0 Å². The first kappa shape index (κ1) is 14.0. The minimum atomic E-state index is -0.450. The third-order valence-electron chi connectivity index (χ3n) is 2.57. The fraction of sp³-hybridized carbons (Fsp3) is 0.429. The maximum Gasteiger partial charge on any atom is 0.170 e. The summed E-state index contributed by atoms with van der Waals surface area (Å²) in [5, 5.41) is 0. The van der Waals surface area contributed by atoms with Gasteiger partial charge in [0.15, 0.2) is 5.78 Å². The Morgan fingerprint density at radius 3 is 2.06 bits per heavy atom. The molecule has 3 heteroatoms. The minimum Gasteiger partial charge on any atom is -0.299 e. The van der Waals surface area contributed by atoms with Crippen molar-refractivity contribution in [3.05, 3.63) is 29.8 Å². The lowest BCUT2D eigenvalue weighted by molar-refractivity contribution is -0.125. The first-order valence-electron chi connectivity index (χ1n) is 5.55. The van der Waals surface area contributed by atoms with Gasteiger partial charge in [-0.2, -0.15) is 0 Å². The molecule has 1 rings (SSSR count). The quantitative estimate of drug-likeness (QED) is 0.465. The Morgan fingerprint density at radius 2 is 1.65 bits per heavy atom. The molecule has 0 N–H and O–H groups in total. The summed E-state index contributed by atoms with van der Waals surface area (Å²) >= 11 is 1.63. The van der Waals surface area contributed by atoms with Gasteiger partial charge in [-0.3, -0.25) is 9.59 Å². The lowest BCUT2D eigenvalue weighted by atomic mass is 9.87. The highest BCUT2D eigenvalue weighted by Crippen LogP contribution is 2.20. The summed E-state index contributed by atoms with van der Waals surface area (Å²) in [7, 11) is 0. The largest absolute Gasteiger partial charge is 0.299 e. The highest BCUT2D eigenvalue weighted by molar-refractivity contribution is 7.98. The van der Waals surface area contributed by atoms with E-state index in [1.807, 2.05) is 39.2 Å². The van der Waals surface area contributed by atoms with Gasteiger partial charge in [0, 0.05) is 15.9 Å². The molecule has 0 saturated carbocycles. The Kier molecular flexibility index (Phi) is 4.52. The summed E-state index contributed by atoms with van der Waals surface area (Å²) in [6, 6.07) is 7.37. The van der Waals surface area contributed by atoms with Gasteiger partial charge in [0.25, 0.3) is 0 Å². The topological polar surface area (TPSA) is 34.1 Å². The molecule has 0 aliphatic heterocycles. The second-order valence-corrected chi connectivity index (χ2v) is 5.88. The van der Waals surface area contributed by atoms with Gasteiger partial charge in [-0.05, 0) is 18.4 Å². The summed E-state index contributed by atoms with van der Waals surface area (Å²) in [5.41, 5.74) is 0.162. The summed E-state index contributed by atoms with van der Waals surface area (Å²) < 4.78 is 0. The van der Waals surface area contributed by atoms with Gasteiger partial charge < -0.3 is 0 Å². The number of thioether (sulfide) groups is 1. The molecule has 0 unspecified atom stereocenters. The van der Waals surface area contributed by atoms with Crippen LogP contribution in [0.1, 0.15) is 37.6 Å². The molecule has 0 fully saturated rings. The van der Waals surface area contributed by atoms with Crippen LogP contribution in [0.2, 0.25) is 0 Å². The van der Waals surface area contributed by atoms with Gasteiger partial charge in [-0.25, -0.2) is 0 Å². The molecule has 0 radical (unpaired) electrons. The number of ketones is 2. The van der Waals surface area contributed by atoms with Crippen molar-refractivity contribution in [2.45, 2.75) is 32.1 Å². The van der Waals surface area contributed by atoms with Gasteiger partial charge in [0.2, 0.25) is 0 Å². The van der Waals surface area contributed by atoms with E-state index < -0.39 is 5.41 Å². The van der Waals surface area contributed by atoms with Crippen LogP contribution in [0.25, 0.3) is 0 Å². The van der Waals surface area contributed by atoms with E-state index in [-0.39, 0.29) is 18.0 Å². The number of carbonyl (C=O) groups is 2. The van der Waals surface area contributed by atoms with Gasteiger partial charge in [0.1, 0.15) is 5.78 Å². The smallest absolute Gasteiger partial charge is 0.170 e. The second-order valence-electron chi connectivity index (χ2n) is 5.00. The molecule has 0 spiro atoms. The Morgan fingerprint density at radius 1 is 1.12 bits per heavy atom. The number of carbonyl (C=O) groups excluding carboxylic acids is 2. The SMILES string of the molecule is CSc1ccc(C(=O)CC(=O)C(C)(C)C)cc1. The number of Topliss-reactive ketones (excluding diaryl/α,β-unsaturated/α-hetero) is 2. The molecule has 0 atom stereocenters. The first-order chi connectivity index (χ1) is 7.84. The van der Waals surface area contributed by atoms with Crippen LogP contribution in [0.4, 0.5) is 0 Å². The molecule has 0 amide bonds. The van der Waals surface area contributed by atoms with Gasteiger partial charge >= 0.3 is 0 Å². The number of hydrogen-bond acceptors (Lipinski definition) is 3. The van der Waals surface area contributed by atoms with Crippen LogP contribution in [0.3, 0.4) is 0 Å². The maximum absolute atomic E-state index is 11.9. The normalized spacial score (nSPS) is 11.3. The van der Waals surface area contributed by atoms with E-state index in [1.165, 1.54) is 0 Å². The summed E-state index contributed by atoms with van der Waals surface area (Å²) in [5.74, 6) is -0.117. The molecule has 17 heavy (non-hydrogen) atoms. The first-order valence-corrected chi connectivity index (χ1v) is 6.77. The lowest BCUT2D eigenvalue weighted by Crippen LogP contribution is -2.23. The number of hydrogen-bond donors (Lipinski definition) is 0. The fourth-order valence-corrected chi connectivity index (χ4v) is 1.70. The van der Waals surface area contributed by atoms with Gasteiger partial charge in [-0.1, -0.05) is 32.9 Å². The summed E-state index contributed by atoms with van der Waals surface area (Å²) in [6.07, 6.45) is 1.97. The molecular formula is C14H18O2S. The van der Waals surface area contributed by atoms with Crippen molar-refractivity contribution in [2.24, 2.45) is 5.41 Å². The fourth-order valence-electron chi connectivity index (χ4n) is 1.29. The van der Waals surface area contributed by atoms with Crippen LogP contribution in [0, 0.1) is 5.41 Å². The Balaban J connectivity index is 2.73. The predicted molar refractivity (Wildman–Crippen MR) is 71.6 cm³/mol. The van der Waals surface area contributed by atoms with E-state index in [2.05, 4.69) is 0 Å². The van der Waals surface area contributed by atoms with Crippen LogP contribution in [-0.2, 0) is 4.79 Å². The zero-order chi connectivity index (χ0) is 13.1. The summed E-state index contributed by atoms with van der Waals surface area (Å²) in [6.45, 7) is 5.50. The molecule has 0 heterocycles. The van der Waals surface area contributed by atoms with E-state index in [9.17, 15) is 9.59 Å². The molecule has 0 saturated heterocycles. The van der Waals surface area contributed by atoms with E-state index >= 15 is 0 Å². The monoisotopic (exact) mass is 250 g/mol. The van der Waals surface area contributed by atoms with Crippen molar-refractivity contribution < 1.29 is 9.59 Å². The van der Waals surface area contributed by atoms with Crippen LogP contribution >= 0.6 is 11.8 Å². The van der Waals surface area contributed by atoms with Crippen LogP contribution in [-0.4, -0.2) is 17.8 Å². The minimum absolute atomic E-state index is 0.0118. The molecule has 1 aromatic carbocycles. The van der Waals surface area contributed by atoms with Crippen molar-refractivity contribution in [1.82, 2.24) is 0 Å². The zero-order valence-electron chi connectivity index (χ0n) is 10.7. The third kappa shape index (κ3) is 4.00. The Bertz CT molecular complexity index is 413. The highest BCUT2D eigenvalue weighted by atomic mass is 32.2.